The lowest BCUT2D eigenvalue weighted by molar-refractivity contribution is -0.160. The van der Waals surface area contributed by atoms with Gasteiger partial charge in [-0.25, -0.2) is 18.7 Å². The number of aliphatic carboxylic acids is 1. The van der Waals surface area contributed by atoms with E-state index in [-0.39, 0.29) is 22.9 Å². The first-order chi connectivity index (χ1) is 20.4. The maximum absolute atomic E-state index is 15.5. The summed E-state index contributed by atoms with van der Waals surface area (Å²) in [5, 5.41) is 17.8. The van der Waals surface area contributed by atoms with E-state index in [1.165, 1.54) is 16.1 Å². The summed E-state index contributed by atoms with van der Waals surface area (Å²) in [4.78, 5) is 30.5. The maximum Gasteiger partial charge on any atom is 0.337 e. The second kappa shape index (κ2) is 12.1. The van der Waals surface area contributed by atoms with Crippen LogP contribution in [-0.2, 0) is 22.4 Å². The Morgan fingerprint density at radius 2 is 1.93 bits per heavy atom. The number of hydrogen-bond donors (Lipinski definition) is 2. The summed E-state index contributed by atoms with van der Waals surface area (Å²) in [6.45, 7) is 9.71. The van der Waals surface area contributed by atoms with E-state index in [1.54, 1.807) is 33.8 Å². The number of fused-ring (bicyclic) bond motifs is 2. The van der Waals surface area contributed by atoms with Crippen LogP contribution in [0.2, 0.25) is 0 Å². The van der Waals surface area contributed by atoms with E-state index in [1.807, 2.05) is 37.3 Å². The minimum absolute atomic E-state index is 0.119. The van der Waals surface area contributed by atoms with Crippen LogP contribution in [0.1, 0.15) is 78.2 Å². The standard InChI is InChI=1S/C33H37FN4O5/c1-19-22-14-10-16-42-29(22)24(34)17-23(19)28-27(30(32(40)41)43-33(3,4)5)20(2)36-26-18-25(37-38(26)28)31(39)35-15-9-13-21-11-7-6-8-12-21/h6-8,11-12,17-18,30H,9-10,13-16H2,1-5H3,(H,35,39)(H,40,41)/t30-/m0/s1. The number of carboxylic acids is 1. The molecule has 1 atom stereocenters. The zero-order valence-corrected chi connectivity index (χ0v) is 25.2. The fourth-order valence-corrected chi connectivity index (χ4v) is 5.54. The van der Waals surface area contributed by atoms with E-state index in [9.17, 15) is 14.7 Å². The predicted octanol–water partition coefficient (Wildman–Crippen LogP) is 5.78. The predicted molar refractivity (Wildman–Crippen MR) is 160 cm³/mol. The van der Waals surface area contributed by atoms with Gasteiger partial charge in [-0.15, -0.1) is 0 Å². The molecule has 226 valence electrons. The smallest absolute Gasteiger partial charge is 0.337 e. The number of nitrogens with one attached hydrogen (secondary N) is 1. The first-order valence-electron chi connectivity index (χ1n) is 14.5. The number of aromatic nitrogens is 3. The number of carbonyl (C=O) groups is 2. The lowest BCUT2D eigenvalue weighted by Gasteiger charge is -2.28. The number of rotatable bonds is 9. The number of carbonyl (C=O) groups excluding carboxylic acids is 1. The van der Waals surface area contributed by atoms with Gasteiger partial charge in [0.05, 0.1) is 17.9 Å². The van der Waals surface area contributed by atoms with Crippen molar-refractivity contribution in [1.82, 2.24) is 19.9 Å². The van der Waals surface area contributed by atoms with E-state index in [2.05, 4.69) is 15.4 Å². The Morgan fingerprint density at radius 3 is 2.63 bits per heavy atom. The molecule has 2 aromatic carbocycles. The van der Waals surface area contributed by atoms with Crippen LogP contribution in [0, 0.1) is 19.7 Å². The number of amides is 1. The van der Waals surface area contributed by atoms with Gasteiger partial charge in [-0.1, -0.05) is 30.3 Å². The van der Waals surface area contributed by atoms with Gasteiger partial charge in [0.1, 0.15) is 0 Å². The van der Waals surface area contributed by atoms with Gasteiger partial charge < -0.3 is 19.9 Å². The SMILES string of the molecule is Cc1nc2cc(C(=O)NCCCc3ccccc3)nn2c(-c2cc(F)c3c(c2C)CCCO3)c1[C@H](OC(C)(C)C)C(=O)O. The molecular weight excluding hydrogens is 551 g/mol. The number of benzene rings is 2. The average molecular weight is 589 g/mol. The summed E-state index contributed by atoms with van der Waals surface area (Å²) in [6.07, 6.45) is 1.48. The van der Waals surface area contributed by atoms with Gasteiger partial charge in [-0.05, 0) is 77.5 Å². The molecule has 1 aliphatic rings. The number of halogens is 1. The molecule has 0 saturated carbocycles. The highest BCUT2D eigenvalue weighted by molar-refractivity contribution is 5.93. The molecule has 0 fully saturated rings. The molecule has 0 saturated heterocycles. The van der Waals surface area contributed by atoms with Crippen LogP contribution in [0.3, 0.4) is 0 Å². The van der Waals surface area contributed by atoms with Crippen LogP contribution in [0.5, 0.6) is 5.75 Å². The van der Waals surface area contributed by atoms with Gasteiger partial charge in [0.25, 0.3) is 5.91 Å². The average Bonchev–Trinajstić information content (AvgIpc) is 3.39. The van der Waals surface area contributed by atoms with Crippen molar-refractivity contribution in [3.05, 3.63) is 81.9 Å². The molecule has 0 aliphatic carbocycles. The van der Waals surface area contributed by atoms with Gasteiger partial charge in [0, 0.05) is 35.0 Å². The quantitative estimate of drug-likeness (QED) is 0.238. The first kappa shape index (κ1) is 30.2. The normalized spacial score (nSPS) is 13.8. The highest BCUT2D eigenvalue weighted by Crippen LogP contribution is 2.41. The van der Waals surface area contributed by atoms with Crippen LogP contribution >= 0.6 is 0 Å². The van der Waals surface area contributed by atoms with Crippen molar-refractivity contribution in [2.24, 2.45) is 0 Å². The Hall–Kier alpha value is -4.31. The fourth-order valence-electron chi connectivity index (χ4n) is 5.54. The van der Waals surface area contributed by atoms with Gasteiger partial charge in [0.15, 0.2) is 29.0 Å². The second-order valence-corrected chi connectivity index (χ2v) is 11.8. The van der Waals surface area contributed by atoms with Gasteiger partial charge in [-0.2, -0.15) is 5.10 Å². The molecule has 3 heterocycles. The summed E-state index contributed by atoms with van der Waals surface area (Å²) in [5.74, 6) is -1.93. The van der Waals surface area contributed by atoms with E-state index < -0.39 is 23.5 Å². The van der Waals surface area contributed by atoms with Gasteiger partial charge in [0.2, 0.25) is 0 Å². The number of carboxylic acid groups (broad SMARTS) is 1. The molecule has 10 heteroatoms. The highest BCUT2D eigenvalue weighted by Gasteiger charge is 2.34. The molecule has 0 unspecified atom stereocenters. The number of ether oxygens (including phenoxy) is 2. The highest BCUT2D eigenvalue weighted by atomic mass is 19.1. The molecule has 1 aliphatic heterocycles. The minimum Gasteiger partial charge on any atom is -0.490 e. The molecule has 9 nitrogen and oxygen atoms in total. The van der Waals surface area contributed by atoms with Gasteiger partial charge >= 0.3 is 5.97 Å². The van der Waals surface area contributed by atoms with Crippen molar-refractivity contribution in [1.29, 1.82) is 0 Å². The Bertz CT molecular complexity index is 1680. The van der Waals surface area contributed by atoms with Crippen molar-refractivity contribution in [2.75, 3.05) is 13.2 Å². The van der Waals surface area contributed by atoms with Crippen molar-refractivity contribution in [3.63, 3.8) is 0 Å². The summed E-state index contributed by atoms with van der Waals surface area (Å²) < 4.78 is 28.6. The molecule has 4 aromatic rings. The Morgan fingerprint density at radius 1 is 1.19 bits per heavy atom. The van der Waals surface area contributed by atoms with Crippen molar-refractivity contribution in [3.8, 4) is 17.0 Å². The molecule has 0 spiro atoms. The van der Waals surface area contributed by atoms with Crippen LogP contribution in [-0.4, -0.2) is 50.3 Å². The molecular formula is C33H37FN4O5. The zero-order chi connectivity index (χ0) is 30.9. The molecule has 43 heavy (non-hydrogen) atoms. The van der Waals surface area contributed by atoms with Crippen molar-refractivity contribution in [2.45, 2.75) is 72.0 Å². The van der Waals surface area contributed by atoms with Crippen molar-refractivity contribution >= 4 is 17.5 Å². The van der Waals surface area contributed by atoms with Crippen LogP contribution in [0.15, 0.2) is 42.5 Å². The van der Waals surface area contributed by atoms with Crippen molar-refractivity contribution < 1.29 is 28.6 Å². The summed E-state index contributed by atoms with van der Waals surface area (Å²) >= 11 is 0. The molecule has 0 radical (unpaired) electrons. The van der Waals surface area contributed by atoms with E-state index in [0.717, 1.165) is 30.4 Å². The van der Waals surface area contributed by atoms with Crippen LogP contribution < -0.4 is 10.1 Å². The third kappa shape index (κ3) is 6.39. The van der Waals surface area contributed by atoms with E-state index in [0.29, 0.717) is 42.2 Å². The fraction of sp³-hybridized carbons (Fsp3) is 0.394. The van der Waals surface area contributed by atoms with Crippen LogP contribution in [0.25, 0.3) is 16.9 Å². The van der Waals surface area contributed by atoms with E-state index in [4.69, 9.17) is 9.47 Å². The molecule has 5 rings (SSSR count). The lowest BCUT2D eigenvalue weighted by Crippen LogP contribution is -2.29. The van der Waals surface area contributed by atoms with E-state index >= 15 is 4.39 Å². The zero-order valence-electron chi connectivity index (χ0n) is 25.2. The maximum atomic E-state index is 15.5. The summed E-state index contributed by atoms with van der Waals surface area (Å²) in [7, 11) is 0. The number of hydrogen-bond acceptors (Lipinski definition) is 6. The Labute approximate surface area is 250 Å². The van der Waals surface area contributed by atoms with Gasteiger partial charge in [-0.3, -0.25) is 4.79 Å². The summed E-state index contributed by atoms with van der Waals surface area (Å²) in [6, 6.07) is 12.9. The number of nitrogens with zero attached hydrogens (tertiary/aromatic N) is 3. The monoisotopic (exact) mass is 588 g/mol. The first-order valence-corrected chi connectivity index (χ1v) is 14.5. The molecule has 2 N–H and O–H groups in total. The Kier molecular flexibility index (Phi) is 8.50. The van der Waals surface area contributed by atoms with Crippen LogP contribution in [0.4, 0.5) is 4.39 Å². The second-order valence-electron chi connectivity index (χ2n) is 11.8. The Balaban J connectivity index is 1.61. The third-order valence-electron chi connectivity index (χ3n) is 7.48. The third-order valence-corrected chi connectivity index (χ3v) is 7.48. The summed E-state index contributed by atoms with van der Waals surface area (Å²) in [5.41, 5.74) is 3.65. The molecule has 2 aromatic heterocycles. The number of aryl methyl sites for hydroxylation is 2. The molecule has 1 amide bonds. The minimum atomic E-state index is -1.43. The topological polar surface area (TPSA) is 115 Å². The lowest BCUT2D eigenvalue weighted by atomic mass is 9.91. The molecule has 0 bridgehead atoms. The largest absolute Gasteiger partial charge is 0.490 e.